The van der Waals surface area contributed by atoms with Gasteiger partial charge in [-0.05, 0) is 30.3 Å². The summed E-state index contributed by atoms with van der Waals surface area (Å²) in [7, 11) is 1.58. The third kappa shape index (κ3) is 3.96. The van der Waals surface area contributed by atoms with Crippen LogP contribution in [-0.2, 0) is 0 Å². The summed E-state index contributed by atoms with van der Waals surface area (Å²) in [5.41, 5.74) is 0.576. The normalized spacial score (nSPS) is 12.2. The van der Waals surface area contributed by atoms with Crippen LogP contribution in [0.5, 0.6) is 5.75 Å². The molecule has 100 valence electrons. The molecule has 1 heterocycles. The Labute approximate surface area is 125 Å². The highest BCUT2D eigenvalue weighted by atomic mass is 79.9. The molecular formula is C14H14BrNO2S. The summed E-state index contributed by atoms with van der Waals surface area (Å²) in [6.45, 7) is 0. The van der Waals surface area contributed by atoms with E-state index in [4.69, 9.17) is 4.74 Å². The number of aromatic nitrogens is 1. The number of benzene rings is 1. The smallest absolute Gasteiger partial charge is 0.143 e. The number of ether oxygens (including phenoxy) is 1. The fraction of sp³-hybridized carbons (Fsp3) is 0.214. The van der Waals surface area contributed by atoms with Crippen molar-refractivity contribution in [2.24, 2.45) is 0 Å². The minimum atomic E-state index is -0.653. The first-order valence-electron chi connectivity index (χ1n) is 5.76. The van der Waals surface area contributed by atoms with Gasteiger partial charge in [0.05, 0.1) is 7.11 Å². The van der Waals surface area contributed by atoms with Crippen LogP contribution in [0.15, 0.2) is 52.0 Å². The van der Waals surface area contributed by atoms with Gasteiger partial charge in [-0.2, -0.15) is 0 Å². The van der Waals surface area contributed by atoms with Crippen molar-refractivity contribution in [1.82, 2.24) is 4.98 Å². The van der Waals surface area contributed by atoms with Crippen molar-refractivity contribution >= 4 is 27.7 Å². The third-order valence-corrected chi connectivity index (χ3v) is 4.10. The lowest BCUT2D eigenvalue weighted by Crippen LogP contribution is -2.05. The van der Waals surface area contributed by atoms with Crippen molar-refractivity contribution in [3.05, 3.63) is 52.8 Å². The predicted octanol–water partition coefficient (Wildman–Crippen LogP) is 3.68. The van der Waals surface area contributed by atoms with Crippen molar-refractivity contribution < 1.29 is 9.84 Å². The van der Waals surface area contributed by atoms with Crippen LogP contribution in [0.2, 0.25) is 0 Å². The molecule has 1 unspecified atom stereocenters. The van der Waals surface area contributed by atoms with Gasteiger partial charge in [-0.15, -0.1) is 11.8 Å². The molecule has 0 radical (unpaired) electrons. The van der Waals surface area contributed by atoms with E-state index in [2.05, 4.69) is 20.9 Å². The molecule has 1 aromatic heterocycles. The highest BCUT2D eigenvalue weighted by Crippen LogP contribution is 2.29. The summed E-state index contributed by atoms with van der Waals surface area (Å²) >= 11 is 5.01. The predicted molar refractivity (Wildman–Crippen MR) is 80.6 cm³/mol. The molecule has 0 spiro atoms. The van der Waals surface area contributed by atoms with Gasteiger partial charge in [0.25, 0.3) is 0 Å². The largest absolute Gasteiger partial charge is 0.495 e. The molecule has 1 N–H and O–H groups in total. The summed E-state index contributed by atoms with van der Waals surface area (Å²) in [6, 6.07) is 11.6. The highest BCUT2D eigenvalue weighted by Gasteiger charge is 2.14. The van der Waals surface area contributed by atoms with Gasteiger partial charge in [-0.1, -0.05) is 22.0 Å². The quantitative estimate of drug-likeness (QED) is 0.844. The number of hydrogen-bond acceptors (Lipinski definition) is 4. The van der Waals surface area contributed by atoms with Crippen LogP contribution >= 0.6 is 27.7 Å². The highest BCUT2D eigenvalue weighted by molar-refractivity contribution is 9.10. The second-order valence-corrected chi connectivity index (χ2v) is 5.88. The molecule has 1 aromatic carbocycles. The lowest BCUT2D eigenvalue weighted by Gasteiger charge is -2.13. The Morgan fingerprint density at radius 2 is 2.21 bits per heavy atom. The zero-order valence-electron chi connectivity index (χ0n) is 10.4. The number of hydrogen-bond donors (Lipinski definition) is 1. The lowest BCUT2D eigenvalue weighted by molar-refractivity contribution is 0.193. The van der Waals surface area contributed by atoms with Crippen LogP contribution in [-0.4, -0.2) is 23.0 Å². The van der Waals surface area contributed by atoms with E-state index < -0.39 is 6.10 Å². The molecule has 2 rings (SSSR count). The van der Waals surface area contributed by atoms with E-state index >= 15 is 0 Å². The number of nitrogens with zero attached hydrogens (tertiary/aromatic N) is 1. The molecule has 19 heavy (non-hydrogen) atoms. The number of rotatable bonds is 5. The Hall–Kier alpha value is -1.04. The number of aliphatic hydroxyl groups excluding tert-OH is 1. The minimum absolute atomic E-state index is 0.532. The molecule has 3 nitrogen and oxygen atoms in total. The van der Waals surface area contributed by atoms with Crippen LogP contribution in [0.3, 0.4) is 0 Å². The first-order valence-corrected chi connectivity index (χ1v) is 7.54. The molecular weight excluding hydrogens is 326 g/mol. The molecule has 0 saturated carbocycles. The maximum Gasteiger partial charge on any atom is 0.143 e. The Balaban J connectivity index is 2.03. The monoisotopic (exact) mass is 339 g/mol. The summed E-state index contributed by atoms with van der Waals surface area (Å²) in [4.78, 5) is 5.28. The molecule has 0 saturated heterocycles. The maximum absolute atomic E-state index is 10.2. The summed E-state index contributed by atoms with van der Waals surface area (Å²) in [6.07, 6.45) is 1.00. The lowest BCUT2D eigenvalue weighted by atomic mass is 10.2. The van der Waals surface area contributed by atoms with Crippen molar-refractivity contribution in [2.45, 2.75) is 11.0 Å². The number of pyridine rings is 1. The fourth-order valence-electron chi connectivity index (χ4n) is 1.64. The van der Waals surface area contributed by atoms with Crippen LogP contribution in [0.4, 0.5) is 0 Å². The van der Waals surface area contributed by atoms with Gasteiger partial charge < -0.3 is 9.84 Å². The van der Waals surface area contributed by atoms with E-state index in [1.165, 1.54) is 0 Å². The second-order valence-electron chi connectivity index (χ2n) is 3.88. The number of thioether (sulfide) groups is 1. The van der Waals surface area contributed by atoms with E-state index in [1.54, 1.807) is 37.2 Å². The SMILES string of the molecule is COc1cccnc1C(O)CSc1cccc(Br)c1. The minimum Gasteiger partial charge on any atom is -0.495 e. The topological polar surface area (TPSA) is 42.4 Å². The Bertz CT molecular complexity index is 550. The standard InChI is InChI=1S/C14H14BrNO2S/c1-18-13-6-3-7-16-14(13)12(17)9-19-11-5-2-4-10(15)8-11/h2-8,12,17H,9H2,1H3. The van der Waals surface area contributed by atoms with E-state index in [9.17, 15) is 5.11 Å². The van der Waals surface area contributed by atoms with E-state index in [0.29, 0.717) is 17.2 Å². The molecule has 0 aliphatic carbocycles. The van der Waals surface area contributed by atoms with Gasteiger partial charge in [0.15, 0.2) is 0 Å². The van der Waals surface area contributed by atoms with Gasteiger partial charge in [0, 0.05) is 21.3 Å². The first kappa shape index (κ1) is 14.4. The number of methoxy groups -OCH3 is 1. The van der Waals surface area contributed by atoms with Crippen LogP contribution in [0, 0.1) is 0 Å². The third-order valence-electron chi connectivity index (χ3n) is 2.54. The fourth-order valence-corrected chi connectivity index (χ4v) is 3.08. The van der Waals surface area contributed by atoms with Gasteiger partial charge >= 0.3 is 0 Å². The Morgan fingerprint density at radius 3 is 2.95 bits per heavy atom. The molecule has 0 bridgehead atoms. The molecule has 1 atom stereocenters. The van der Waals surface area contributed by atoms with Crippen molar-refractivity contribution in [1.29, 1.82) is 0 Å². The van der Waals surface area contributed by atoms with Crippen molar-refractivity contribution in [3.8, 4) is 5.75 Å². The van der Waals surface area contributed by atoms with Crippen molar-refractivity contribution in [2.75, 3.05) is 12.9 Å². The molecule has 0 amide bonds. The molecule has 0 aliphatic rings. The van der Waals surface area contributed by atoms with Gasteiger partial charge in [0.2, 0.25) is 0 Å². The van der Waals surface area contributed by atoms with Crippen LogP contribution in [0.1, 0.15) is 11.8 Å². The van der Waals surface area contributed by atoms with E-state index in [0.717, 1.165) is 9.37 Å². The Morgan fingerprint density at radius 1 is 1.37 bits per heavy atom. The molecule has 2 aromatic rings. The average molecular weight is 340 g/mol. The summed E-state index contributed by atoms with van der Waals surface area (Å²) < 4.78 is 6.23. The van der Waals surface area contributed by atoms with Crippen LogP contribution in [0.25, 0.3) is 0 Å². The molecule has 0 fully saturated rings. The number of halogens is 1. The number of aliphatic hydroxyl groups is 1. The second kappa shape index (κ2) is 6.93. The molecule has 0 aliphatic heterocycles. The summed E-state index contributed by atoms with van der Waals surface area (Å²) in [5.74, 6) is 1.15. The van der Waals surface area contributed by atoms with Crippen molar-refractivity contribution in [3.63, 3.8) is 0 Å². The first-order chi connectivity index (χ1) is 9.20. The van der Waals surface area contributed by atoms with Crippen LogP contribution < -0.4 is 4.74 Å². The average Bonchev–Trinajstić information content (AvgIpc) is 2.45. The molecule has 5 heteroatoms. The zero-order chi connectivity index (χ0) is 13.7. The summed E-state index contributed by atoms with van der Waals surface area (Å²) in [5, 5.41) is 10.2. The van der Waals surface area contributed by atoms with E-state index in [1.807, 2.05) is 24.3 Å². The zero-order valence-corrected chi connectivity index (χ0v) is 12.8. The van der Waals surface area contributed by atoms with Gasteiger partial charge in [0.1, 0.15) is 17.5 Å². The Kier molecular flexibility index (Phi) is 5.24. The van der Waals surface area contributed by atoms with Gasteiger partial charge in [-0.3, -0.25) is 4.98 Å². The van der Waals surface area contributed by atoms with Gasteiger partial charge in [-0.25, -0.2) is 0 Å². The van der Waals surface area contributed by atoms with E-state index in [-0.39, 0.29) is 0 Å². The maximum atomic E-state index is 10.2.